The van der Waals surface area contributed by atoms with E-state index in [9.17, 15) is 14.7 Å². The molecule has 1 heterocycles. The maximum Gasteiger partial charge on any atom is 0.335 e. The number of benzene rings is 3. The van der Waals surface area contributed by atoms with Gasteiger partial charge >= 0.3 is 5.97 Å². The molecule has 6 nitrogen and oxygen atoms in total. The van der Waals surface area contributed by atoms with Gasteiger partial charge in [0, 0.05) is 30.0 Å². The number of aromatic carboxylic acids is 1. The molecule has 0 radical (unpaired) electrons. The summed E-state index contributed by atoms with van der Waals surface area (Å²) >= 11 is 0. The SMILES string of the molecule is NCC(C(=O)Nc1ccc2cnccc2c1)c1ccc(Cc2ccccc2C(=O)O)cc1. The summed E-state index contributed by atoms with van der Waals surface area (Å²) in [5, 5.41) is 14.3. The van der Waals surface area contributed by atoms with Crippen LogP contribution in [-0.4, -0.2) is 28.5 Å². The number of anilines is 1. The van der Waals surface area contributed by atoms with Crippen molar-refractivity contribution in [1.82, 2.24) is 4.98 Å². The second-order valence-electron chi connectivity index (χ2n) is 7.60. The predicted octanol–water partition coefficient (Wildman–Crippen LogP) is 4.20. The molecule has 0 spiro atoms. The van der Waals surface area contributed by atoms with Crippen LogP contribution in [0.5, 0.6) is 0 Å². The van der Waals surface area contributed by atoms with Gasteiger partial charge in [-0.15, -0.1) is 0 Å². The van der Waals surface area contributed by atoms with Crippen molar-refractivity contribution in [3.8, 4) is 0 Å². The van der Waals surface area contributed by atoms with E-state index in [0.29, 0.717) is 17.7 Å². The molecule has 4 N–H and O–H groups in total. The van der Waals surface area contributed by atoms with Crippen molar-refractivity contribution in [2.75, 3.05) is 11.9 Å². The van der Waals surface area contributed by atoms with Crippen molar-refractivity contribution < 1.29 is 14.7 Å². The molecule has 0 aliphatic rings. The van der Waals surface area contributed by atoms with Gasteiger partial charge in [-0.3, -0.25) is 9.78 Å². The standard InChI is InChI=1S/C26H23N3O3/c27-15-24(25(30)29-22-10-9-21-16-28-12-11-19(21)14-22)18-7-5-17(6-8-18)13-20-3-1-2-4-23(20)26(31)32/h1-12,14,16,24H,13,15,27H2,(H,29,30)(H,31,32). The highest BCUT2D eigenvalue weighted by molar-refractivity contribution is 5.98. The number of rotatable bonds is 7. The van der Waals surface area contributed by atoms with Crippen LogP contribution in [0.3, 0.4) is 0 Å². The summed E-state index contributed by atoms with van der Waals surface area (Å²) in [5.41, 5.74) is 9.44. The van der Waals surface area contributed by atoms with Gasteiger partial charge in [0.2, 0.25) is 5.91 Å². The van der Waals surface area contributed by atoms with Crippen LogP contribution in [0.4, 0.5) is 5.69 Å². The number of aromatic nitrogens is 1. The second-order valence-corrected chi connectivity index (χ2v) is 7.60. The number of amides is 1. The average Bonchev–Trinajstić information content (AvgIpc) is 2.81. The van der Waals surface area contributed by atoms with E-state index in [1.165, 1.54) is 0 Å². The first-order valence-corrected chi connectivity index (χ1v) is 10.3. The van der Waals surface area contributed by atoms with Gasteiger partial charge in [-0.25, -0.2) is 4.79 Å². The third-order valence-electron chi connectivity index (χ3n) is 5.48. The Balaban J connectivity index is 1.49. The fourth-order valence-corrected chi connectivity index (χ4v) is 3.76. The summed E-state index contributed by atoms with van der Waals surface area (Å²) in [6.45, 7) is 0.171. The van der Waals surface area contributed by atoms with Crippen LogP contribution in [0.2, 0.25) is 0 Å². The molecule has 0 fully saturated rings. The normalized spacial score (nSPS) is 11.8. The van der Waals surface area contributed by atoms with Crippen molar-refractivity contribution in [2.45, 2.75) is 12.3 Å². The zero-order chi connectivity index (χ0) is 22.5. The Morgan fingerprint density at radius 1 is 0.969 bits per heavy atom. The number of fused-ring (bicyclic) bond motifs is 1. The summed E-state index contributed by atoms with van der Waals surface area (Å²) in [6, 6.07) is 22.1. The molecule has 4 aromatic rings. The van der Waals surface area contributed by atoms with Gasteiger partial charge in [0.05, 0.1) is 11.5 Å². The van der Waals surface area contributed by atoms with Gasteiger partial charge in [0.25, 0.3) is 0 Å². The zero-order valence-corrected chi connectivity index (χ0v) is 17.4. The number of hydrogen-bond donors (Lipinski definition) is 3. The number of hydrogen-bond acceptors (Lipinski definition) is 4. The maximum absolute atomic E-state index is 12.9. The monoisotopic (exact) mass is 425 g/mol. The lowest BCUT2D eigenvalue weighted by Gasteiger charge is -2.16. The fourth-order valence-electron chi connectivity index (χ4n) is 3.76. The van der Waals surface area contributed by atoms with E-state index in [1.54, 1.807) is 24.5 Å². The Morgan fingerprint density at radius 3 is 2.50 bits per heavy atom. The maximum atomic E-state index is 12.9. The van der Waals surface area contributed by atoms with E-state index in [-0.39, 0.29) is 12.5 Å². The molecule has 32 heavy (non-hydrogen) atoms. The van der Waals surface area contributed by atoms with Crippen molar-refractivity contribution >= 4 is 28.3 Å². The van der Waals surface area contributed by atoms with Gasteiger partial charge in [-0.1, -0.05) is 48.5 Å². The zero-order valence-electron chi connectivity index (χ0n) is 17.4. The topological polar surface area (TPSA) is 105 Å². The molecule has 1 atom stereocenters. The Labute approximate surface area is 185 Å². The van der Waals surface area contributed by atoms with E-state index in [1.807, 2.05) is 60.7 Å². The Bertz CT molecular complexity index is 1270. The third kappa shape index (κ3) is 4.66. The Hall–Kier alpha value is -4.03. The minimum absolute atomic E-state index is 0.171. The lowest BCUT2D eigenvalue weighted by Crippen LogP contribution is -2.27. The summed E-state index contributed by atoms with van der Waals surface area (Å²) < 4.78 is 0. The molecule has 0 aliphatic heterocycles. The molecule has 0 aliphatic carbocycles. The van der Waals surface area contributed by atoms with Crippen molar-refractivity contribution in [1.29, 1.82) is 0 Å². The highest BCUT2D eigenvalue weighted by Crippen LogP contribution is 2.22. The Morgan fingerprint density at radius 2 is 1.75 bits per heavy atom. The Kier molecular flexibility index (Phi) is 6.24. The largest absolute Gasteiger partial charge is 0.478 e. The number of nitrogens with one attached hydrogen (secondary N) is 1. The van der Waals surface area contributed by atoms with Gasteiger partial charge in [-0.05, 0) is 52.8 Å². The fraction of sp³-hybridized carbons (Fsp3) is 0.115. The first-order chi connectivity index (χ1) is 15.5. The number of carbonyl (C=O) groups excluding carboxylic acids is 1. The summed E-state index contributed by atoms with van der Waals surface area (Å²) in [6.07, 6.45) is 3.99. The molecule has 0 saturated heterocycles. The lowest BCUT2D eigenvalue weighted by atomic mass is 9.94. The number of nitrogens with zero attached hydrogens (tertiary/aromatic N) is 1. The van der Waals surface area contributed by atoms with Crippen LogP contribution >= 0.6 is 0 Å². The molecule has 160 valence electrons. The number of carboxylic acid groups (broad SMARTS) is 1. The van der Waals surface area contributed by atoms with Crippen LogP contribution in [0, 0.1) is 0 Å². The number of carbonyl (C=O) groups is 2. The molecule has 3 aromatic carbocycles. The highest BCUT2D eigenvalue weighted by Gasteiger charge is 2.19. The average molecular weight is 425 g/mol. The van der Waals surface area contributed by atoms with E-state index >= 15 is 0 Å². The smallest absolute Gasteiger partial charge is 0.335 e. The number of nitrogens with two attached hydrogens (primary N) is 1. The van der Waals surface area contributed by atoms with Crippen LogP contribution < -0.4 is 11.1 Å². The quantitative estimate of drug-likeness (QED) is 0.411. The third-order valence-corrected chi connectivity index (χ3v) is 5.48. The molecule has 6 heteroatoms. The van der Waals surface area contributed by atoms with E-state index in [2.05, 4.69) is 10.3 Å². The van der Waals surface area contributed by atoms with E-state index < -0.39 is 11.9 Å². The van der Waals surface area contributed by atoms with Crippen LogP contribution in [0.1, 0.15) is 33.0 Å². The molecule has 1 aromatic heterocycles. The molecule has 1 amide bonds. The molecule has 0 saturated carbocycles. The van der Waals surface area contributed by atoms with Gasteiger partial charge in [0.1, 0.15) is 0 Å². The minimum Gasteiger partial charge on any atom is -0.478 e. The first kappa shape index (κ1) is 21.2. The molecular formula is C26H23N3O3. The predicted molar refractivity (Wildman–Crippen MR) is 125 cm³/mol. The lowest BCUT2D eigenvalue weighted by molar-refractivity contribution is -0.117. The minimum atomic E-state index is -0.943. The van der Waals surface area contributed by atoms with Crippen molar-refractivity contribution in [2.24, 2.45) is 5.73 Å². The van der Waals surface area contributed by atoms with Crippen molar-refractivity contribution in [3.63, 3.8) is 0 Å². The van der Waals surface area contributed by atoms with Gasteiger partial charge < -0.3 is 16.2 Å². The summed E-state index contributed by atoms with van der Waals surface area (Å²) in [7, 11) is 0. The highest BCUT2D eigenvalue weighted by atomic mass is 16.4. The second kappa shape index (κ2) is 9.41. The summed E-state index contributed by atoms with van der Waals surface area (Å²) in [5.74, 6) is -1.62. The van der Waals surface area contributed by atoms with Crippen LogP contribution in [0.25, 0.3) is 10.8 Å². The number of carboxylic acids is 1. The summed E-state index contributed by atoms with van der Waals surface area (Å²) in [4.78, 5) is 28.4. The van der Waals surface area contributed by atoms with E-state index in [4.69, 9.17) is 5.73 Å². The number of pyridine rings is 1. The van der Waals surface area contributed by atoms with Crippen molar-refractivity contribution in [3.05, 3.63) is 107 Å². The molecule has 1 unspecified atom stereocenters. The molecule has 0 bridgehead atoms. The first-order valence-electron chi connectivity index (χ1n) is 10.3. The van der Waals surface area contributed by atoms with Gasteiger partial charge in [-0.2, -0.15) is 0 Å². The van der Waals surface area contributed by atoms with Crippen LogP contribution in [-0.2, 0) is 11.2 Å². The van der Waals surface area contributed by atoms with E-state index in [0.717, 1.165) is 27.5 Å². The molecule has 4 rings (SSSR count). The van der Waals surface area contributed by atoms with Crippen LogP contribution in [0.15, 0.2) is 85.2 Å². The molecular weight excluding hydrogens is 402 g/mol. The van der Waals surface area contributed by atoms with Gasteiger partial charge in [0.15, 0.2) is 0 Å².